The molecule has 1 saturated heterocycles. The number of aromatic nitrogens is 3. The van der Waals surface area contributed by atoms with E-state index in [0.29, 0.717) is 0 Å². The number of rotatable bonds is 2. The van der Waals surface area contributed by atoms with Crippen LogP contribution < -0.4 is 4.90 Å². The SMILES string of the molecule is c1cc(-c2ccc(N3CCSCC3)nn2)ccn1. The molecule has 2 aromatic heterocycles. The molecule has 5 heteroatoms. The van der Waals surface area contributed by atoms with Crippen molar-refractivity contribution in [2.24, 2.45) is 0 Å². The predicted octanol–water partition coefficient (Wildman–Crippen LogP) is 2.09. The average molecular weight is 258 g/mol. The van der Waals surface area contributed by atoms with Crippen LogP contribution in [0.25, 0.3) is 11.3 Å². The van der Waals surface area contributed by atoms with Gasteiger partial charge in [-0.3, -0.25) is 4.98 Å². The molecule has 0 radical (unpaired) electrons. The van der Waals surface area contributed by atoms with Gasteiger partial charge in [-0.15, -0.1) is 10.2 Å². The molecule has 0 N–H and O–H groups in total. The van der Waals surface area contributed by atoms with Crippen LogP contribution in [0.3, 0.4) is 0 Å². The summed E-state index contributed by atoms with van der Waals surface area (Å²) in [5.74, 6) is 3.33. The van der Waals surface area contributed by atoms with E-state index in [0.717, 1.165) is 30.2 Å². The molecule has 1 fully saturated rings. The van der Waals surface area contributed by atoms with Gasteiger partial charge in [0.2, 0.25) is 0 Å². The molecule has 1 aliphatic heterocycles. The van der Waals surface area contributed by atoms with E-state index in [1.807, 2.05) is 30.0 Å². The Morgan fingerprint density at radius 2 is 1.72 bits per heavy atom. The smallest absolute Gasteiger partial charge is 0.151 e. The molecule has 0 amide bonds. The first-order chi connectivity index (χ1) is 8.93. The summed E-state index contributed by atoms with van der Waals surface area (Å²) in [5.41, 5.74) is 1.95. The Labute approximate surface area is 110 Å². The van der Waals surface area contributed by atoms with Crippen LogP contribution >= 0.6 is 11.8 Å². The van der Waals surface area contributed by atoms with Gasteiger partial charge in [-0.2, -0.15) is 11.8 Å². The van der Waals surface area contributed by atoms with Gasteiger partial charge in [0.1, 0.15) is 0 Å². The minimum absolute atomic E-state index is 0.896. The molecule has 3 rings (SSSR count). The molecule has 0 spiro atoms. The number of thioether (sulfide) groups is 1. The molecule has 2 aromatic rings. The zero-order valence-corrected chi connectivity index (χ0v) is 10.8. The highest BCUT2D eigenvalue weighted by Crippen LogP contribution is 2.19. The lowest BCUT2D eigenvalue weighted by Crippen LogP contribution is -2.33. The van der Waals surface area contributed by atoms with E-state index in [2.05, 4.69) is 26.1 Å². The fourth-order valence-corrected chi connectivity index (χ4v) is 2.87. The van der Waals surface area contributed by atoms with Crippen LogP contribution in [-0.4, -0.2) is 39.8 Å². The standard InChI is InChI=1S/C13H14N4S/c1-2-13(17-7-9-18-10-8-17)16-15-12(1)11-3-5-14-6-4-11/h1-6H,7-10H2. The first-order valence-electron chi connectivity index (χ1n) is 6.00. The summed E-state index contributed by atoms with van der Waals surface area (Å²) in [7, 11) is 0. The molecule has 0 atom stereocenters. The quantitative estimate of drug-likeness (QED) is 0.825. The summed E-state index contributed by atoms with van der Waals surface area (Å²) in [6.45, 7) is 2.13. The van der Waals surface area contributed by atoms with Crippen LogP contribution in [0.1, 0.15) is 0 Å². The van der Waals surface area contributed by atoms with Gasteiger partial charge < -0.3 is 4.90 Å². The first kappa shape index (κ1) is 11.5. The predicted molar refractivity (Wildman–Crippen MR) is 74.8 cm³/mol. The third-order valence-corrected chi connectivity index (χ3v) is 3.90. The zero-order valence-electron chi connectivity index (χ0n) is 9.99. The highest BCUT2D eigenvalue weighted by Gasteiger charge is 2.12. The van der Waals surface area contributed by atoms with E-state index in [9.17, 15) is 0 Å². The van der Waals surface area contributed by atoms with E-state index < -0.39 is 0 Å². The Morgan fingerprint density at radius 1 is 0.944 bits per heavy atom. The Hall–Kier alpha value is -1.62. The maximum atomic E-state index is 4.32. The molecule has 18 heavy (non-hydrogen) atoms. The van der Waals surface area contributed by atoms with Crippen molar-refractivity contribution in [1.82, 2.24) is 15.2 Å². The molecule has 4 nitrogen and oxygen atoms in total. The number of pyridine rings is 1. The topological polar surface area (TPSA) is 41.9 Å². The summed E-state index contributed by atoms with van der Waals surface area (Å²) >= 11 is 2.00. The minimum Gasteiger partial charge on any atom is -0.353 e. The molecule has 0 aromatic carbocycles. The Bertz CT molecular complexity index is 494. The van der Waals surface area contributed by atoms with Gasteiger partial charge in [0, 0.05) is 42.6 Å². The lowest BCUT2D eigenvalue weighted by Gasteiger charge is -2.26. The molecular formula is C13H14N4S. The highest BCUT2D eigenvalue weighted by molar-refractivity contribution is 7.99. The van der Waals surface area contributed by atoms with E-state index in [1.54, 1.807) is 12.4 Å². The van der Waals surface area contributed by atoms with Crippen LogP contribution in [0.4, 0.5) is 5.82 Å². The molecule has 3 heterocycles. The summed E-state index contributed by atoms with van der Waals surface area (Å²) in [6.07, 6.45) is 3.54. The summed E-state index contributed by atoms with van der Waals surface area (Å²) in [5, 5.41) is 8.62. The zero-order chi connectivity index (χ0) is 12.2. The molecule has 0 aliphatic carbocycles. The summed E-state index contributed by atoms with van der Waals surface area (Å²) in [4.78, 5) is 6.29. The number of nitrogens with zero attached hydrogens (tertiary/aromatic N) is 4. The Morgan fingerprint density at radius 3 is 2.39 bits per heavy atom. The van der Waals surface area contributed by atoms with Crippen molar-refractivity contribution in [2.75, 3.05) is 29.5 Å². The maximum Gasteiger partial charge on any atom is 0.151 e. The molecule has 1 aliphatic rings. The maximum absolute atomic E-state index is 4.32. The van der Waals surface area contributed by atoms with Crippen LogP contribution in [0.5, 0.6) is 0 Å². The van der Waals surface area contributed by atoms with Crippen molar-refractivity contribution in [3.8, 4) is 11.3 Å². The summed E-state index contributed by atoms with van der Waals surface area (Å²) < 4.78 is 0. The third kappa shape index (κ3) is 2.46. The van der Waals surface area contributed by atoms with Gasteiger partial charge in [0.15, 0.2) is 5.82 Å². The second-order valence-electron chi connectivity index (χ2n) is 4.11. The molecule has 0 saturated carbocycles. The van der Waals surface area contributed by atoms with E-state index in [4.69, 9.17) is 0 Å². The van der Waals surface area contributed by atoms with E-state index >= 15 is 0 Å². The first-order valence-corrected chi connectivity index (χ1v) is 7.16. The van der Waals surface area contributed by atoms with E-state index in [-0.39, 0.29) is 0 Å². The van der Waals surface area contributed by atoms with Crippen molar-refractivity contribution in [2.45, 2.75) is 0 Å². The number of hydrogen-bond acceptors (Lipinski definition) is 5. The lowest BCUT2D eigenvalue weighted by molar-refractivity contribution is 0.820. The molecular weight excluding hydrogens is 244 g/mol. The molecule has 92 valence electrons. The summed E-state index contributed by atoms with van der Waals surface area (Å²) in [6, 6.07) is 7.97. The monoisotopic (exact) mass is 258 g/mol. The fraction of sp³-hybridized carbons (Fsp3) is 0.308. The van der Waals surface area contributed by atoms with Gasteiger partial charge in [-0.1, -0.05) is 0 Å². The van der Waals surface area contributed by atoms with Gasteiger partial charge in [0.25, 0.3) is 0 Å². The molecule has 0 unspecified atom stereocenters. The largest absolute Gasteiger partial charge is 0.353 e. The van der Waals surface area contributed by atoms with Gasteiger partial charge in [-0.05, 0) is 24.3 Å². The van der Waals surface area contributed by atoms with Crippen LogP contribution in [0.2, 0.25) is 0 Å². The van der Waals surface area contributed by atoms with Crippen LogP contribution in [0, 0.1) is 0 Å². The Kier molecular flexibility index (Phi) is 3.41. The van der Waals surface area contributed by atoms with Crippen molar-refractivity contribution < 1.29 is 0 Å². The highest BCUT2D eigenvalue weighted by atomic mass is 32.2. The van der Waals surface area contributed by atoms with E-state index in [1.165, 1.54) is 11.5 Å². The number of hydrogen-bond donors (Lipinski definition) is 0. The average Bonchev–Trinajstić information content (AvgIpc) is 2.49. The lowest BCUT2D eigenvalue weighted by atomic mass is 10.2. The second kappa shape index (κ2) is 5.35. The van der Waals surface area contributed by atoms with Gasteiger partial charge >= 0.3 is 0 Å². The van der Waals surface area contributed by atoms with Crippen LogP contribution in [0.15, 0.2) is 36.7 Å². The molecule has 0 bridgehead atoms. The fourth-order valence-electron chi connectivity index (χ4n) is 1.96. The second-order valence-corrected chi connectivity index (χ2v) is 5.34. The van der Waals surface area contributed by atoms with Crippen molar-refractivity contribution in [1.29, 1.82) is 0 Å². The van der Waals surface area contributed by atoms with Crippen molar-refractivity contribution in [3.05, 3.63) is 36.7 Å². The number of anilines is 1. The normalized spacial score (nSPS) is 15.7. The van der Waals surface area contributed by atoms with Crippen molar-refractivity contribution >= 4 is 17.6 Å². The van der Waals surface area contributed by atoms with Crippen molar-refractivity contribution in [3.63, 3.8) is 0 Å². The van der Waals surface area contributed by atoms with Crippen LogP contribution in [-0.2, 0) is 0 Å². The minimum atomic E-state index is 0.896. The van der Waals surface area contributed by atoms with Gasteiger partial charge in [0.05, 0.1) is 5.69 Å². The Balaban J connectivity index is 1.80. The third-order valence-electron chi connectivity index (χ3n) is 2.96. The van der Waals surface area contributed by atoms with Gasteiger partial charge in [-0.25, -0.2) is 0 Å².